The van der Waals surface area contributed by atoms with Crippen molar-refractivity contribution in [2.24, 2.45) is 0 Å². The van der Waals surface area contributed by atoms with Crippen molar-refractivity contribution < 1.29 is 17.3 Å². The highest BCUT2D eigenvalue weighted by Gasteiger charge is 2.27. The second kappa shape index (κ2) is 6.86. The number of sulfonamides is 1. The predicted octanol–water partition coefficient (Wildman–Crippen LogP) is 2.50. The standard InChI is InChI=1S/C18H15N3O5S/c22-18-20-16-10-15(6-7-17(16)26-18)27(23,24)21(12-14-5-3-9-25-14)11-13-4-1-2-8-19-13/h1-10H,11-12H2,(H,20,22). The average molecular weight is 385 g/mol. The van der Waals surface area contributed by atoms with E-state index in [1.54, 1.807) is 36.5 Å². The second-order valence-corrected chi connectivity index (χ2v) is 7.78. The van der Waals surface area contributed by atoms with Crippen LogP contribution in [0.3, 0.4) is 0 Å². The molecule has 0 aliphatic heterocycles. The molecule has 4 aromatic rings. The molecule has 0 amide bonds. The van der Waals surface area contributed by atoms with Crippen molar-refractivity contribution in [2.45, 2.75) is 18.0 Å². The molecule has 4 rings (SSSR count). The minimum atomic E-state index is -3.89. The SMILES string of the molecule is O=c1[nH]c2cc(S(=O)(=O)N(Cc3ccccn3)Cc3ccco3)ccc2o1. The zero-order valence-electron chi connectivity index (χ0n) is 14.0. The summed E-state index contributed by atoms with van der Waals surface area (Å²) in [5.41, 5.74) is 1.21. The summed E-state index contributed by atoms with van der Waals surface area (Å²) < 4.78 is 38.0. The molecule has 3 aromatic heterocycles. The molecule has 0 radical (unpaired) electrons. The van der Waals surface area contributed by atoms with Gasteiger partial charge in [-0.25, -0.2) is 13.2 Å². The third-order valence-corrected chi connectivity index (χ3v) is 5.79. The Kier molecular flexibility index (Phi) is 4.38. The van der Waals surface area contributed by atoms with Gasteiger partial charge >= 0.3 is 5.76 Å². The molecule has 138 valence electrons. The quantitative estimate of drug-likeness (QED) is 0.546. The van der Waals surface area contributed by atoms with Crippen molar-refractivity contribution in [3.8, 4) is 0 Å². The van der Waals surface area contributed by atoms with Gasteiger partial charge in [0.05, 0.1) is 35.5 Å². The van der Waals surface area contributed by atoms with E-state index < -0.39 is 15.8 Å². The Morgan fingerprint density at radius 1 is 1.07 bits per heavy atom. The largest absolute Gasteiger partial charge is 0.468 e. The topological polar surface area (TPSA) is 109 Å². The number of hydrogen-bond donors (Lipinski definition) is 1. The number of nitrogens with one attached hydrogen (secondary N) is 1. The van der Waals surface area contributed by atoms with Crippen LogP contribution in [0.5, 0.6) is 0 Å². The molecule has 3 heterocycles. The number of rotatable bonds is 6. The van der Waals surface area contributed by atoms with Gasteiger partial charge in [-0.3, -0.25) is 9.97 Å². The van der Waals surface area contributed by atoms with Crippen LogP contribution in [-0.4, -0.2) is 22.7 Å². The Hall–Kier alpha value is -3.17. The van der Waals surface area contributed by atoms with E-state index in [1.807, 2.05) is 0 Å². The predicted molar refractivity (Wildman–Crippen MR) is 96.2 cm³/mol. The summed E-state index contributed by atoms with van der Waals surface area (Å²) in [6, 6.07) is 12.9. The van der Waals surface area contributed by atoms with Crippen molar-refractivity contribution in [2.75, 3.05) is 0 Å². The van der Waals surface area contributed by atoms with Crippen LogP contribution in [0.1, 0.15) is 11.5 Å². The first-order valence-corrected chi connectivity index (χ1v) is 9.52. The summed E-state index contributed by atoms with van der Waals surface area (Å²) in [4.78, 5) is 18.0. The Morgan fingerprint density at radius 2 is 1.96 bits per heavy atom. The number of aromatic amines is 1. The van der Waals surface area contributed by atoms with Gasteiger partial charge in [0, 0.05) is 6.20 Å². The Labute approximate surface area is 154 Å². The molecule has 0 unspecified atom stereocenters. The number of benzene rings is 1. The summed E-state index contributed by atoms with van der Waals surface area (Å²) >= 11 is 0. The van der Waals surface area contributed by atoms with E-state index in [1.165, 1.54) is 28.8 Å². The van der Waals surface area contributed by atoms with Crippen molar-refractivity contribution in [3.05, 3.63) is 83.0 Å². The number of aromatic nitrogens is 2. The van der Waals surface area contributed by atoms with Gasteiger partial charge in [-0.05, 0) is 42.5 Å². The van der Waals surface area contributed by atoms with Crippen LogP contribution in [0, 0.1) is 0 Å². The molecule has 0 atom stereocenters. The van der Waals surface area contributed by atoms with Gasteiger partial charge in [0.15, 0.2) is 5.58 Å². The monoisotopic (exact) mass is 385 g/mol. The third-order valence-electron chi connectivity index (χ3n) is 4.00. The highest BCUT2D eigenvalue weighted by Crippen LogP contribution is 2.23. The fourth-order valence-electron chi connectivity index (χ4n) is 2.72. The van der Waals surface area contributed by atoms with Crippen LogP contribution in [0.15, 0.2) is 79.5 Å². The molecule has 0 bridgehead atoms. The summed E-state index contributed by atoms with van der Waals surface area (Å²) in [5, 5.41) is 0. The summed E-state index contributed by atoms with van der Waals surface area (Å²) in [6.45, 7) is 0.121. The number of pyridine rings is 1. The molecular weight excluding hydrogens is 370 g/mol. The lowest BCUT2D eigenvalue weighted by Gasteiger charge is -2.21. The number of nitrogens with zero attached hydrogens (tertiary/aromatic N) is 2. The van der Waals surface area contributed by atoms with Crippen molar-refractivity contribution in [1.29, 1.82) is 0 Å². The van der Waals surface area contributed by atoms with Crippen LogP contribution in [0.25, 0.3) is 11.1 Å². The van der Waals surface area contributed by atoms with E-state index in [4.69, 9.17) is 8.83 Å². The molecule has 0 spiro atoms. The normalized spacial score (nSPS) is 12.0. The maximum absolute atomic E-state index is 13.2. The van der Waals surface area contributed by atoms with E-state index in [2.05, 4.69) is 9.97 Å². The zero-order valence-corrected chi connectivity index (χ0v) is 14.8. The van der Waals surface area contributed by atoms with Crippen molar-refractivity contribution in [3.63, 3.8) is 0 Å². The molecule has 0 saturated heterocycles. The van der Waals surface area contributed by atoms with Gasteiger partial charge < -0.3 is 8.83 Å². The van der Waals surface area contributed by atoms with Crippen LogP contribution in [-0.2, 0) is 23.1 Å². The molecule has 27 heavy (non-hydrogen) atoms. The number of oxazole rings is 1. The molecule has 0 saturated carbocycles. The lowest BCUT2D eigenvalue weighted by atomic mass is 10.3. The zero-order chi connectivity index (χ0) is 18.9. The first kappa shape index (κ1) is 17.3. The van der Waals surface area contributed by atoms with Gasteiger partial charge in [0.2, 0.25) is 10.0 Å². The van der Waals surface area contributed by atoms with Crippen molar-refractivity contribution in [1.82, 2.24) is 14.3 Å². The number of H-pyrrole nitrogens is 1. The van der Waals surface area contributed by atoms with Gasteiger partial charge in [0.25, 0.3) is 0 Å². The second-order valence-electron chi connectivity index (χ2n) is 5.85. The molecule has 9 heteroatoms. The fourth-order valence-corrected chi connectivity index (χ4v) is 4.12. The van der Waals surface area contributed by atoms with Crippen molar-refractivity contribution >= 4 is 21.1 Å². The third kappa shape index (κ3) is 3.55. The molecule has 0 fully saturated rings. The minimum Gasteiger partial charge on any atom is -0.468 e. The number of furan rings is 1. The smallest absolute Gasteiger partial charge is 0.417 e. The van der Waals surface area contributed by atoms with Crippen LogP contribution < -0.4 is 5.76 Å². The lowest BCUT2D eigenvalue weighted by Crippen LogP contribution is -2.30. The van der Waals surface area contributed by atoms with E-state index in [-0.39, 0.29) is 18.0 Å². The molecule has 0 aliphatic rings. The fraction of sp³-hybridized carbons (Fsp3) is 0.111. The molecule has 1 aromatic carbocycles. The van der Waals surface area contributed by atoms with Crippen LogP contribution in [0.4, 0.5) is 0 Å². The summed E-state index contributed by atoms with van der Waals surface area (Å²) in [7, 11) is -3.89. The van der Waals surface area contributed by atoms with Crippen LogP contribution >= 0.6 is 0 Å². The van der Waals surface area contributed by atoms with E-state index in [9.17, 15) is 13.2 Å². The van der Waals surface area contributed by atoms with Gasteiger partial charge in [-0.2, -0.15) is 4.31 Å². The van der Waals surface area contributed by atoms with Gasteiger partial charge in [0.1, 0.15) is 5.76 Å². The van der Waals surface area contributed by atoms with E-state index >= 15 is 0 Å². The van der Waals surface area contributed by atoms with E-state index in [0.29, 0.717) is 22.6 Å². The number of fused-ring (bicyclic) bond motifs is 1. The Morgan fingerprint density at radius 3 is 2.70 bits per heavy atom. The maximum Gasteiger partial charge on any atom is 0.417 e. The molecule has 1 N–H and O–H groups in total. The number of hydrogen-bond acceptors (Lipinski definition) is 6. The van der Waals surface area contributed by atoms with Crippen LogP contribution in [0.2, 0.25) is 0 Å². The maximum atomic E-state index is 13.2. The molecular formula is C18H15N3O5S. The first-order chi connectivity index (χ1) is 13.0. The summed E-state index contributed by atoms with van der Waals surface area (Å²) in [6.07, 6.45) is 3.10. The lowest BCUT2D eigenvalue weighted by molar-refractivity contribution is 0.355. The minimum absolute atomic E-state index is 0.0366. The highest BCUT2D eigenvalue weighted by molar-refractivity contribution is 7.89. The molecule has 8 nitrogen and oxygen atoms in total. The highest BCUT2D eigenvalue weighted by atomic mass is 32.2. The first-order valence-electron chi connectivity index (χ1n) is 8.08. The van der Waals surface area contributed by atoms with Gasteiger partial charge in [-0.1, -0.05) is 6.07 Å². The average Bonchev–Trinajstić information content (AvgIpc) is 3.29. The Bertz CT molecular complexity index is 1210. The van der Waals surface area contributed by atoms with E-state index in [0.717, 1.165) is 0 Å². The summed E-state index contributed by atoms with van der Waals surface area (Å²) in [5.74, 6) is -0.132. The molecule has 0 aliphatic carbocycles. The Balaban J connectivity index is 1.74. The van der Waals surface area contributed by atoms with Gasteiger partial charge in [-0.15, -0.1) is 0 Å².